The lowest BCUT2D eigenvalue weighted by molar-refractivity contribution is -0.134. The van der Waals surface area contributed by atoms with Crippen molar-refractivity contribution in [1.82, 2.24) is 14.9 Å². The molecular weight excluding hydrogens is 436 g/mol. The first-order chi connectivity index (χ1) is 17.2. The number of pyridine rings is 2. The van der Waals surface area contributed by atoms with Crippen molar-refractivity contribution < 1.29 is 9.53 Å². The number of nitrogens with one attached hydrogen (secondary N) is 1. The second-order valence-electron chi connectivity index (χ2n) is 8.73. The number of hydrogen-bond acceptors (Lipinski definition) is 6. The largest absolute Gasteiger partial charge is 0.466 e. The SMILES string of the molecule is COC(=O)/C=C/c1ccc(-c2cc(Nc3ccc(CN4CCCC4)cc3)c3cnccc3n2)cc1. The summed E-state index contributed by atoms with van der Waals surface area (Å²) in [7, 11) is 1.37. The molecule has 0 saturated carbocycles. The molecule has 1 aliphatic rings. The lowest BCUT2D eigenvalue weighted by Gasteiger charge is -2.15. The Morgan fingerprint density at radius 3 is 2.57 bits per heavy atom. The highest BCUT2D eigenvalue weighted by Gasteiger charge is 2.12. The van der Waals surface area contributed by atoms with Gasteiger partial charge in [-0.3, -0.25) is 9.88 Å². The van der Waals surface area contributed by atoms with Crippen LogP contribution in [0, 0.1) is 0 Å². The number of rotatable bonds is 7. The topological polar surface area (TPSA) is 67.3 Å². The molecule has 3 heterocycles. The van der Waals surface area contributed by atoms with Crippen molar-refractivity contribution in [3.8, 4) is 11.3 Å². The minimum Gasteiger partial charge on any atom is -0.466 e. The van der Waals surface area contributed by atoms with E-state index in [0.717, 1.165) is 45.6 Å². The Morgan fingerprint density at radius 1 is 1.06 bits per heavy atom. The van der Waals surface area contributed by atoms with Gasteiger partial charge in [0.25, 0.3) is 0 Å². The molecule has 6 heteroatoms. The lowest BCUT2D eigenvalue weighted by atomic mass is 10.1. The molecule has 2 aromatic heterocycles. The third-order valence-corrected chi connectivity index (χ3v) is 6.27. The third kappa shape index (κ3) is 5.55. The number of benzene rings is 2. The van der Waals surface area contributed by atoms with Gasteiger partial charge in [0.2, 0.25) is 0 Å². The number of ether oxygens (including phenoxy) is 1. The van der Waals surface area contributed by atoms with E-state index in [9.17, 15) is 4.79 Å². The maximum absolute atomic E-state index is 11.3. The first-order valence-electron chi connectivity index (χ1n) is 11.9. The zero-order chi connectivity index (χ0) is 24.0. The number of fused-ring (bicyclic) bond motifs is 1. The molecule has 0 bridgehead atoms. The highest BCUT2D eigenvalue weighted by Crippen LogP contribution is 2.30. The molecule has 1 fully saturated rings. The Morgan fingerprint density at radius 2 is 1.83 bits per heavy atom. The van der Waals surface area contributed by atoms with Gasteiger partial charge in [-0.1, -0.05) is 36.4 Å². The fourth-order valence-electron chi connectivity index (χ4n) is 4.37. The molecule has 0 unspecified atom stereocenters. The second kappa shape index (κ2) is 10.5. The molecule has 0 amide bonds. The van der Waals surface area contributed by atoms with E-state index in [4.69, 9.17) is 4.98 Å². The van der Waals surface area contributed by atoms with Crippen molar-refractivity contribution in [3.63, 3.8) is 0 Å². The number of aromatic nitrogens is 2. The van der Waals surface area contributed by atoms with E-state index in [2.05, 4.69) is 50.3 Å². The molecule has 0 spiro atoms. The normalized spacial score (nSPS) is 14.0. The summed E-state index contributed by atoms with van der Waals surface area (Å²) in [4.78, 5) is 23.0. The number of hydrogen-bond donors (Lipinski definition) is 1. The van der Waals surface area contributed by atoms with Crippen LogP contribution in [-0.4, -0.2) is 41.0 Å². The van der Waals surface area contributed by atoms with Crippen LogP contribution < -0.4 is 5.32 Å². The number of methoxy groups -OCH3 is 1. The van der Waals surface area contributed by atoms with Crippen molar-refractivity contribution in [2.45, 2.75) is 19.4 Å². The summed E-state index contributed by atoms with van der Waals surface area (Å²) in [6, 6.07) is 20.6. The smallest absolute Gasteiger partial charge is 0.330 e. The average Bonchev–Trinajstić information content (AvgIpc) is 3.41. The predicted molar refractivity (Wildman–Crippen MR) is 140 cm³/mol. The molecule has 2 aromatic carbocycles. The van der Waals surface area contributed by atoms with Crippen LogP contribution in [0.4, 0.5) is 11.4 Å². The number of esters is 1. The Hall–Kier alpha value is -4.03. The maximum Gasteiger partial charge on any atom is 0.330 e. The predicted octanol–water partition coefficient (Wildman–Crippen LogP) is 5.82. The zero-order valence-corrected chi connectivity index (χ0v) is 19.8. The van der Waals surface area contributed by atoms with Crippen LogP contribution in [-0.2, 0) is 16.1 Å². The van der Waals surface area contributed by atoms with Crippen LogP contribution in [0.2, 0.25) is 0 Å². The minimum absolute atomic E-state index is 0.376. The van der Waals surface area contributed by atoms with Crippen LogP contribution in [0.15, 0.2) is 79.1 Å². The summed E-state index contributed by atoms with van der Waals surface area (Å²) in [6.07, 6.45) is 9.36. The molecule has 6 nitrogen and oxygen atoms in total. The molecule has 0 atom stereocenters. The Balaban J connectivity index is 1.40. The van der Waals surface area contributed by atoms with Crippen LogP contribution in [0.1, 0.15) is 24.0 Å². The van der Waals surface area contributed by atoms with Crippen molar-refractivity contribution in [2.24, 2.45) is 0 Å². The Bertz CT molecular complexity index is 1340. The second-order valence-corrected chi connectivity index (χ2v) is 8.73. The zero-order valence-electron chi connectivity index (χ0n) is 19.8. The van der Waals surface area contributed by atoms with Gasteiger partial charge in [0, 0.05) is 41.7 Å². The summed E-state index contributed by atoms with van der Waals surface area (Å²) in [5.74, 6) is -0.376. The number of likely N-dealkylation sites (tertiary alicyclic amines) is 1. The highest BCUT2D eigenvalue weighted by atomic mass is 16.5. The first-order valence-corrected chi connectivity index (χ1v) is 11.9. The lowest BCUT2D eigenvalue weighted by Crippen LogP contribution is -2.18. The number of carbonyl (C=O) groups is 1. The fourth-order valence-corrected chi connectivity index (χ4v) is 4.37. The minimum atomic E-state index is -0.376. The summed E-state index contributed by atoms with van der Waals surface area (Å²) >= 11 is 0. The van der Waals surface area contributed by atoms with E-state index in [1.165, 1.54) is 44.7 Å². The molecule has 1 saturated heterocycles. The Kier molecular flexibility index (Phi) is 6.82. The van der Waals surface area contributed by atoms with Gasteiger partial charge in [-0.2, -0.15) is 0 Å². The molecule has 0 radical (unpaired) electrons. The molecular formula is C29H28N4O2. The monoisotopic (exact) mass is 464 g/mol. The number of anilines is 2. The molecule has 0 aliphatic carbocycles. The van der Waals surface area contributed by atoms with Gasteiger partial charge in [0.1, 0.15) is 0 Å². The third-order valence-electron chi connectivity index (χ3n) is 6.27. The van der Waals surface area contributed by atoms with Gasteiger partial charge in [-0.05, 0) is 67.4 Å². The molecule has 1 aliphatic heterocycles. The molecule has 4 aromatic rings. The van der Waals surface area contributed by atoms with Gasteiger partial charge < -0.3 is 10.1 Å². The van der Waals surface area contributed by atoms with Crippen LogP contribution in [0.25, 0.3) is 28.2 Å². The van der Waals surface area contributed by atoms with Crippen molar-refractivity contribution in [3.05, 3.63) is 90.3 Å². The van der Waals surface area contributed by atoms with Crippen LogP contribution in [0.3, 0.4) is 0 Å². The summed E-state index contributed by atoms with van der Waals surface area (Å²) in [5, 5.41) is 4.54. The highest BCUT2D eigenvalue weighted by molar-refractivity contribution is 5.95. The van der Waals surface area contributed by atoms with E-state index in [1.807, 2.05) is 36.5 Å². The summed E-state index contributed by atoms with van der Waals surface area (Å²) < 4.78 is 4.65. The van der Waals surface area contributed by atoms with Crippen molar-refractivity contribution in [2.75, 3.05) is 25.5 Å². The van der Waals surface area contributed by atoms with Crippen molar-refractivity contribution >= 4 is 34.3 Å². The molecule has 176 valence electrons. The van der Waals surface area contributed by atoms with Crippen molar-refractivity contribution in [1.29, 1.82) is 0 Å². The van der Waals surface area contributed by atoms with E-state index >= 15 is 0 Å². The van der Waals surface area contributed by atoms with E-state index in [-0.39, 0.29) is 5.97 Å². The average molecular weight is 465 g/mol. The number of carbonyl (C=O) groups excluding carboxylic acids is 1. The van der Waals surface area contributed by atoms with Crippen LogP contribution >= 0.6 is 0 Å². The van der Waals surface area contributed by atoms with Gasteiger partial charge >= 0.3 is 5.97 Å². The van der Waals surface area contributed by atoms with Crippen LogP contribution in [0.5, 0.6) is 0 Å². The van der Waals surface area contributed by atoms with Gasteiger partial charge in [-0.15, -0.1) is 0 Å². The fraction of sp³-hybridized carbons (Fsp3) is 0.207. The van der Waals surface area contributed by atoms with Gasteiger partial charge in [0.15, 0.2) is 0 Å². The Labute approximate surface area is 205 Å². The number of nitrogens with zero attached hydrogens (tertiary/aromatic N) is 3. The van der Waals surface area contributed by atoms with E-state index in [0.29, 0.717) is 0 Å². The van der Waals surface area contributed by atoms with Gasteiger partial charge in [-0.25, -0.2) is 9.78 Å². The standard InChI is InChI=1S/C29H28N4O2/c1-35-29(34)13-8-21-4-9-23(10-5-21)27-18-28(25-19-30-15-14-26(25)32-27)31-24-11-6-22(7-12-24)20-33-16-2-3-17-33/h4-15,18-19H,2-3,16-17,20H2,1H3,(H,31,32)/b13-8+. The molecule has 1 N–H and O–H groups in total. The summed E-state index contributed by atoms with van der Waals surface area (Å²) in [5.41, 5.74) is 6.96. The van der Waals surface area contributed by atoms with E-state index < -0.39 is 0 Å². The van der Waals surface area contributed by atoms with E-state index in [1.54, 1.807) is 12.3 Å². The summed E-state index contributed by atoms with van der Waals surface area (Å²) in [6.45, 7) is 3.40. The maximum atomic E-state index is 11.3. The first kappa shape index (κ1) is 22.7. The molecule has 5 rings (SSSR count). The quantitative estimate of drug-likeness (QED) is 0.274. The molecule has 35 heavy (non-hydrogen) atoms. The van der Waals surface area contributed by atoms with Gasteiger partial charge in [0.05, 0.1) is 24.0 Å².